The van der Waals surface area contributed by atoms with E-state index in [2.05, 4.69) is 15.6 Å². The van der Waals surface area contributed by atoms with Gasteiger partial charge in [-0.15, -0.1) is 0 Å². The number of nitrogens with zero attached hydrogens (tertiary/aromatic N) is 1. The first kappa shape index (κ1) is 22.3. The summed E-state index contributed by atoms with van der Waals surface area (Å²) in [4.78, 5) is 50.9. The topological polar surface area (TPSA) is 135 Å². The van der Waals surface area contributed by atoms with Crippen molar-refractivity contribution >= 4 is 46.5 Å². The summed E-state index contributed by atoms with van der Waals surface area (Å²) in [5, 5.41) is 14.9. The summed E-state index contributed by atoms with van der Waals surface area (Å²) in [6.07, 6.45) is 2.29. The Morgan fingerprint density at radius 3 is 2.23 bits per heavy atom. The van der Waals surface area contributed by atoms with Crippen LogP contribution in [0.2, 0.25) is 10.0 Å². The van der Waals surface area contributed by atoms with Crippen LogP contribution in [0, 0.1) is 0 Å². The summed E-state index contributed by atoms with van der Waals surface area (Å²) in [6.45, 7) is 0. The molecule has 3 N–H and O–H groups in total. The second kappa shape index (κ2) is 9.15. The number of pyridine rings is 1. The minimum Gasteiger partial charge on any atom is -0.491 e. The fraction of sp³-hybridized carbons (Fsp3) is 0.150. The molecule has 160 valence electrons. The number of aromatic nitrogens is 1. The number of aliphatic carboxylic acids is 1. The van der Waals surface area contributed by atoms with Crippen molar-refractivity contribution in [2.75, 3.05) is 17.7 Å². The molecule has 0 bridgehead atoms. The molecule has 0 saturated carbocycles. The first-order valence-electron chi connectivity index (χ1n) is 8.78. The number of carboxylic acids is 1. The normalized spacial score (nSPS) is 11.7. The number of hydrogen-bond acceptors (Lipinski definition) is 7. The Bertz CT molecular complexity index is 1200. The number of carboxylic acid groups (broad SMARTS) is 1. The summed E-state index contributed by atoms with van der Waals surface area (Å²) in [6, 6.07) is 5.18. The lowest BCUT2D eigenvalue weighted by atomic mass is 10.0. The predicted octanol–water partition coefficient (Wildman–Crippen LogP) is 2.87. The van der Waals surface area contributed by atoms with Crippen molar-refractivity contribution in [3.05, 3.63) is 78.3 Å². The van der Waals surface area contributed by atoms with E-state index in [1.54, 1.807) is 0 Å². The molecule has 0 aliphatic carbocycles. The van der Waals surface area contributed by atoms with E-state index >= 15 is 0 Å². The Balaban J connectivity index is 1.82. The molecule has 1 atom stereocenters. The van der Waals surface area contributed by atoms with Crippen LogP contribution < -0.4 is 26.2 Å². The van der Waals surface area contributed by atoms with Gasteiger partial charge in [0.15, 0.2) is 5.75 Å². The summed E-state index contributed by atoms with van der Waals surface area (Å²) >= 11 is 12.0. The van der Waals surface area contributed by atoms with E-state index < -0.39 is 28.8 Å². The van der Waals surface area contributed by atoms with Gasteiger partial charge in [0, 0.05) is 18.0 Å². The van der Waals surface area contributed by atoms with Crippen molar-refractivity contribution in [1.82, 2.24) is 4.98 Å². The van der Waals surface area contributed by atoms with Crippen molar-refractivity contribution in [3.8, 4) is 5.75 Å². The summed E-state index contributed by atoms with van der Waals surface area (Å²) in [5.74, 6) is -1.77. The number of anilines is 2. The molecule has 1 amide bonds. The second-order valence-corrected chi connectivity index (χ2v) is 7.23. The number of rotatable bonds is 8. The molecule has 0 aliphatic heterocycles. The monoisotopic (exact) mass is 463 g/mol. The average Bonchev–Trinajstić information content (AvgIpc) is 2.74. The smallest absolute Gasteiger partial charge is 0.305 e. The maximum absolute atomic E-state index is 12.5. The maximum atomic E-state index is 12.5. The number of carbonyl (C=O) groups excluding carboxylic acids is 1. The van der Waals surface area contributed by atoms with E-state index in [4.69, 9.17) is 27.9 Å². The van der Waals surface area contributed by atoms with E-state index in [1.165, 1.54) is 43.8 Å². The minimum atomic E-state index is -1.13. The van der Waals surface area contributed by atoms with Gasteiger partial charge in [0.1, 0.15) is 5.69 Å². The largest absolute Gasteiger partial charge is 0.491 e. The van der Waals surface area contributed by atoms with Crippen molar-refractivity contribution in [2.24, 2.45) is 0 Å². The highest BCUT2D eigenvalue weighted by Crippen LogP contribution is 2.30. The van der Waals surface area contributed by atoms with Crippen LogP contribution in [-0.4, -0.2) is 29.1 Å². The van der Waals surface area contributed by atoms with Crippen LogP contribution in [0.4, 0.5) is 11.4 Å². The van der Waals surface area contributed by atoms with Gasteiger partial charge in [0.05, 0.1) is 35.3 Å². The Morgan fingerprint density at radius 2 is 1.68 bits per heavy atom. The molecule has 31 heavy (non-hydrogen) atoms. The Labute approximate surface area is 185 Å². The first-order chi connectivity index (χ1) is 14.7. The van der Waals surface area contributed by atoms with Gasteiger partial charge in [0.2, 0.25) is 0 Å². The highest BCUT2D eigenvalue weighted by molar-refractivity contribution is 6.39. The van der Waals surface area contributed by atoms with Gasteiger partial charge in [-0.1, -0.05) is 35.3 Å². The van der Waals surface area contributed by atoms with Crippen LogP contribution in [0.5, 0.6) is 5.75 Å². The van der Waals surface area contributed by atoms with Crippen LogP contribution in [0.15, 0.2) is 46.2 Å². The SMILES string of the molecule is COc1c(NC(CC(=O)O)c2ccc(C(=O)Nc3c(Cl)cncc3Cl)cc2)c(=O)c1=O. The number of benzene rings is 1. The van der Waals surface area contributed by atoms with Crippen molar-refractivity contribution < 1.29 is 19.4 Å². The van der Waals surface area contributed by atoms with Crippen molar-refractivity contribution in [2.45, 2.75) is 12.5 Å². The third-order valence-corrected chi connectivity index (χ3v) is 5.01. The molecule has 0 radical (unpaired) electrons. The van der Waals surface area contributed by atoms with Crippen LogP contribution in [0.25, 0.3) is 0 Å². The number of ether oxygens (including phenoxy) is 1. The van der Waals surface area contributed by atoms with Gasteiger partial charge in [0.25, 0.3) is 16.8 Å². The summed E-state index contributed by atoms with van der Waals surface area (Å²) < 4.78 is 4.87. The van der Waals surface area contributed by atoms with Gasteiger partial charge in [-0.05, 0) is 17.7 Å². The third-order valence-electron chi connectivity index (χ3n) is 4.44. The molecule has 1 heterocycles. The number of nitrogens with one attached hydrogen (secondary N) is 2. The third kappa shape index (κ3) is 4.68. The number of halogens is 2. The zero-order chi connectivity index (χ0) is 22.7. The predicted molar refractivity (Wildman–Crippen MR) is 115 cm³/mol. The van der Waals surface area contributed by atoms with E-state index in [9.17, 15) is 24.3 Å². The fourth-order valence-corrected chi connectivity index (χ4v) is 3.34. The fourth-order valence-electron chi connectivity index (χ4n) is 2.88. The molecule has 0 aliphatic rings. The summed E-state index contributed by atoms with van der Waals surface area (Å²) in [5.41, 5.74) is -0.691. The van der Waals surface area contributed by atoms with Crippen LogP contribution in [0.3, 0.4) is 0 Å². The highest BCUT2D eigenvalue weighted by atomic mass is 35.5. The summed E-state index contributed by atoms with van der Waals surface area (Å²) in [7, 11) is 1.24. The van der Waals surface area contributed by atoms with Gasteiger partial charge < -0.3 is 20.5 Å². The molecule has 0 saturated heterocycles. The Hall–Kier alpha value is -3.43. The Morgan fingerprint density at radius 1 is 1.06 bits per heavy atom. The zero-order valence-electron chi connectivity index (χ0n) is 15.9. The lowest BCUT2D eigenvalue weighted by Crippen LogP contribution is -2.36. The minimum absolute atomic E-state index is 0.0810. The van der Waals surface area contributed by atoms with Crippen molar-refractivity contribution in [1.29, 1.82) is 0 Å². The van der Waals surface area contributed by atoms with E-state index in [-0.39, 0.29) is 39.2 Å². The van der Waals surface area contributed by atoms with Gasteiger partial charge >= 0.3 is 5.97 Å². The second-order valence-electron chi connectivity index (χ2n) is 6.42. The van der Waals surface area contributed by atoms with E-state index in [1.807, 2.05) is 0 Å². The number of hydrogen-bond donors (Lipinski definition) is 3. The molecule has 9 nitrogen and oxygen atoms in total. The van der Waals surface area contributed by atoms with Gasteiger partial charge in [-0.2, -0.15) is 0 Å². The molecule has 3 aromatic rings. The first-order valence-corrected chi connectivity index (χ1v) is 9.54. The molecule has 1 aromatic heterocycles. The molecule has 11 heteroatoms. The number of carbonyl (C=O) groups is 2. The lowest BCUT2D eigenvalue weighted by Gasteiger charge is -2.21. The molecule has 3 rings (SSSR count). The van der Waals surface area contributed by atoms with Crippen molar-refractivity contribution in [3.63, 3.8) is 0 Å². The van der Waals surface area contributed by atoms with Crippen LogP contribution >= 0.6 is 23.2 Å². The molecule has 1 unspecified atom stereocenters. The van der Waals surface area contributed by atoms with Gasteiger partial charge in [-0.3, -0.25) is 24.2 Å². The lowest BCUT2D eigenvalue weighted by molar-refractivity contribution is -0.137. The molecular formula is C20H15Cl2N3O6. The zero-order valence-corrected chi connectivity index (χ0v) is 17.5. The molecular weight excluding hydrogens is 449 g/mol. The Kier molecular flexibility index (Phi) is 6.57. The average molecular weight is 464 g/mol. The molecule has 0 spiro atoms. The number of methoxy groups -OCH3 is 1. The maximum Gasteiger partial charge on any atom is 0.305 e. The molecule has 0 fully saturated rings. The quantitative estimate of drug-likeness (QED) is 0.434. The standard InChI is InChI=1S/C20H15Cl2N3O6/c1-31-19-16(17(28)18(19)29)24-13(6-14(26)27)9-2-4-10(5-3-9)20(30)25-15-11(21)7-23-8-12(15)22/h2-5,7-8,13,24H,6H2,1H3,(H,26,27)(H,23,25,30). The van der Waals surface area contributed by atoms with Crippen LogP contribution in [-0.2, 0) is 4.79 Å². The number of amides is 1. The van der Waals surface area contributed by atoms with E-state index in [0.717, 1.165) is 0 Å². The van der Waals surface area contributed by atoms with Gasteiger partial charge in [-0.25, -0.2) is 0 Å². The van der Waals surface area contributed by atoms with E-state index in [0.29, 0.717) is 5.56 Å². The van der Waals surface area contributed by atoms with Crippen LogP contribution in [0.1, 0.15) is 28.4 Å². The molecule has 2 aromatic carbocycles. The highest BCUT2D eigenvalue weighted by Gasteiger charge is 2.26.